The van der Waals surface area contributed by atoms with Crippen molar-refractivity contribution in [2.45, 2.75) is 17.9 Å². The molecule has 1 N–H and O–H groups in total. The molecule has 1 unspecified atom stereocenters. The average Bonchev–Trinajstić information content (AvgIpc) is 2.53. The second kappa shape index (κ2) is 7.50. The van der Waals surface area contributed by atoms with Gasteiger partial charge >= 0.3 is 5.97 Å². The monoisotopic (exact) mass is 355 g/mol. The smallest absolute Gasteiger partial charge is 0.328 e. The number of hydrogen-bond donors (Lipinski definition) is 1. The van der Waals surface area contributed by atoms with E-state index in [1.54, 1.807) is 25.1 Å². The van der Waals surface area contributed by atoms with Crippen molar-refractivity contribution in [3.05, 3.63) is 65.7 Å². The van der Waals surface area contributed by atoms with Gasteiger partial charge in [-0.25, -0.2) is 22.0 Å². The van der Waals surface area contributed by atoms with Crippen LogP contribution in [0.25, 0.3) is 0 Å². The summed E-state index contributed by atoms with van der Waals surface area (Å²) in [7, 11) is -4.41. The van der Waals surface area contributed by atoms with Gasteiger partial charge in [-0.3, -0.25) is 0 Å². The fraction of sp³-hybridized carbons (Fsp3) is 0.188. The van der Waals surface area contributed by atoms with Gasteiger partial charge in [-0.15, -0.1) is 0 Å². The Morgan fingerprint density at radius 2 is 1.83 bits per heavy atom. The van der Waals surface area contributed by atoms with Crippen molar-refractivity contribution in [3.63, 3.8) is 0 Å². The van der Waals surface area contributed by atoms with Crippen molar-refractivity contribution in [2.24, 2.45) is 0 Å². The molecule has 2 rings (SSSR count). The first kappa shape index (κ1) is 18.0. The quantitative estimate of drug-likeness (QED) is 0.809. The van der Waals surface area contributed by atoms with Crippen molar-refractivity contribution >= 4 is 16.0 Å². The maximum Gasteiger partial charge on any atom is 0.328 e. The first-order valence-corrected chi connectivity index (χ1v) is 8.52. The summed E-state index contributed by atoms with van der Waals surface area (Å²) in [5.41, 5.74) is 0.335. The zero-order valence-corrected chi connectivity index (χ0v) is 13.5. The molecule has 24 heavy (non-hydrogen) atoms. The molecule has 2 aromatic rings. The lowest BCUT2D eigenvalue weighted by Crippen LogP contribution is -2.35. The third-order valence-electron chi connectivity index (χ3n) is 3.11. The van der Waals surface area contributed by atoms with Gasteiger partial charge < -0.3 is 4.74 Å². The molecule has 2 aromatic carbocycles. The van der Waals surface area contributed by atoms with E-state index in [1.807, 2.05) is 0 Å². The highest BCUT2D eigenvalue weighted by atomic mass is 32.2. The van der Waals surface area contributed by atoms with Gasteiger partial charge in [-0.2, -0.15) is 4.72 Å². The molecular formula is C16H15F2NO4S. The van der Waals surface area contributed by atoms with Crippen LogP contribution in [-0.2, 0) is 19.6 Å². The van der Waals surface area contributed by atoms with Crippen molar-refractivity contribution in [2.75, 3.05) is 6.61 Å². The van der Waals surface area contributed by atoms with Gasteiger partial charge in [0.1, 0.15) is 22.6 Å². The summed E-state index contributed by atoms with van der Waals surface area (Å²) in [5, 5.41) is 0. The Labute approximate surface area is 138 Å². The van der Waals surface area contributed by atoms with E-state index in [0.717, 1.165) is 12.1 Å². The number of carbonyl (C=O) groups excluding carboxylic acids is 1. The molecule has 5 nitrogen and oxygen atoms in total. The van der Waals surface area contributed by atoms with E-state index in [4.69, 9.17) is 4.74 Å². The van der Waals surface area contributed by atoms with E-state index in [1.165, 1.54) is 12.1 Å². The highest BCUT2D eigenvalue weighted by molar-refractivity contribution is 7.89. The van der Waals surface area contributed by atoms with Crippen LogP contribution in [-0.4, -0.2) is 21.0 Å². The fourth-order valence-electron chi connectivity index (χ4n) is 2.04. The van der Waals surface area contributed by atoms with E-state index >= 15 is 0 Å². The van der Waals surface area contributed by atoms with Gasteiger partial charge in [0, 0.05) is 6.07 Å². The Bertz CT molecular complexity index is 825. The molecule has 0 heterocycles. The fourth-order valence-corrected chi connectivity index (χ4v) is 3.27. The normalized spacial score (nSPS) is 12.6. The Hall–Kier alpha value is -2.32. The zero-order chi connectivity index (χ0) is 17.7. The highest BCUT2D eigenvalue weighted by Gasteiger charge is 2.30. The molecule has 0 fully saturated rings. The maximum atomic E-state index is 13.8. The summed E-state index contributed by atoms with van der Waals surface area (Å²) in [6.07, 6.45) is 0. The Balaban J connectivity index is 2.39. The van der Waals surface area contributed by atoms with Crippen LogP contribution in [0.3, 0.4) is 0 Å². The van der Waals surface area contributed by atoms with Crippen LogP contribution < -0.4 is 4.72 Å². The molecule has 0 saturated heterocycles. The topological polar surface area (TPSA) is 72.5 Å². The van der Waals surface area contributed by atoms with E-state index in [-0.39, 0.29) is 6.61 Å². The predicted octanol–water partition coefficient (Wildman–Crippen LogP) is 2.55. The largest absolute Gasteiger partial charge is 0.465 e. The number of sulfonamides is 1. The average molecular weight is 355 g/mol. The molecule has 0 aliphatic heterocycles. The van der Waals surface area contributed by atoms with Crippen LogP contribution in [0.1, 0.15) is 18.5 Å². The molecule has 0 spiro atoms. The van der Waals surface area contributed by atoms with Gasteiger partial charge in [0.05, 0.1) is 6.61 Å². The number of halogens is 2. The summed E-state index contributed by atoms with van der Waals surface area (Å²) in [6, 6.07) is 8.72. The summed E-state index contributed by atoms with van der Waals surface area (Å²) in [5.74, 6) is -2.98. The third kappa shape index (κ3) is 4.15. The zero-order valence-electron chi connectivity index (χ0n) is 12.7. The summed E-state index contributed by atoms with van der Waals surface area (Å²) >= 11 is 0. The number of ether oxygens (including phenoxy) is 1. The molecule has 0 saturated carbocycles. The van der Waals surface area contributed by atoms with Crippen LogP contribution in [0.5, 0.6) is 0 Å². The number of benzene rings is 2. The van der Waals surface area contributed by atoms with Crippen molar-refractivity contribution in [1.29, 1.82) is 0 Å². The number of carbonyl (C=O) groups is 1. The minimum Gasteiger partial charge on any atom is -0.465 e. The van der Waals surface area contributed by atoms with Crippen LogP contribution in [0, 0.1) is 11.6 Å². The Morgan fingerprint density at radius 3 is 2.42 bits per heavy atom. The van der Waals surface area contributed by atoms with Crippen molar-refractivity contribution < 1.29 is 26.7 Å². The number of hydrogen-bond acceptors (Lipinski definition) is 4. The summed E-state index contributed by atoms with van der Waals surface area (Å²) < 4.78 is 58.5. The minimum absolute atomic E-state index is 0.0504. The summed E-state index contributed by atoms with van der Waals surface area (Å²) in [4.78, 5) is 11.3. The second-order valence-electron chi connectivity index (χ2n) is 4.79. The van der Waals surface area contributed by atoms with E-state index < -0.39 is 38.6 Å². The van der Waals surface area contributed by atoms with Crippen LogP contribution >= 0.6 is 0 Å². The molecule has 8 heteroatoms. The number of esters is 1. The minimum atomic E-state index is -4.41. The predicted molar refractivity (Wildman–Crippen MR) is 82.5 cm³/mol. The second-order valence-corrected chi connectivity index (χ2v) is 6.47. The van der Waals surface area contributed by atoms with Crippen LogP contribution in [0.4, 0.5) is 8.78 Å². The van der Waals surface area contributed by atoms with Gasteiger partial charge in [0.15, 0.2) is 0 Å². The molecule has 1 atom stereocenters. The maximum absolute atomic E-state index is 13.8. The number of nitrogens with one attached hydrogen (secondary N) is 1. The number of rotatable bonds is 6. The molecule has 0 amide bonds. The first-order chi connectivity index (χ1) is 11.3. The van der Waals surface area contributed by atoms with Gasteiger partial charge in [-0.1, -0.05) is 30.3 Å². The van der Waals surface area contributed by atoms with Crippen LogP contribution in [0.2, 0.25) is 0 Å². The first-order valence-electron chi connectivity index (χ1n) is 7.04. The standard InChI is InChI=1S/C16H15F2NO4S/c1-2-23-16(20)15(11-6-4-3-5-7-11)19-24(21,22)14-9-8-12(17)10-13(14)18/h3-10,15,19H,2H2,1H3. The lowest BCUT2D eigenvalue weighted by Gasteiger charge is -2.18. The molecule has 0 bridgehead atoms. The van der Waals surface area contributed by atoms with E-state index in [9.17, 15) is 22.0 Å². The molecule has 0 aliphatic carbocycles. The molecule has 0 aliphatic rings. The SMILES string of the molecule is CCOC(=O)C(NS(=O)(=O)c1ccc(F)cc1F)c1ccccc1. The van der Waals surface area contributed by atoms with Crippen LogP contribution in [0.15, 0.2) is 53.4 Å². The highest BCUT2D eigenvalue weighted by Crippen LogP contribution is 2.21. The molecule has 0 aromatic heterocycles. The van der Waals surface area contributed by atoms with E-state index in [2.05, 4.69) is 4.72 Å². The Morgan fingerprint density at radius 1 is 1.17 bits per heavy atom. The van der Waals surface area contributed by atoms with Gasteiger partial charge in [0.2, 0.25) is 10.0 Å². The van der Waals surface area contributed by atoms with Gasteiger partial charge in [0.25, 0.3) is 0 Å². The molecule has 128 valence electrons. The lowest BCUT2D eigenvalue weighted by atomic mass is 10.1. The summed E-state index contributed by atoms with van der Waals surface area (Å²) in [6.45, 7) is 1.63. The third-order valence-corrected chi connectivity index (χ3v) is 4.57. The lowest BCUT2D eigenvalue weighted by molar-refractivity contribution is -0.145. The van der Waals surface area contributed by atoms with Crippen molar-refractivity contribution in [3.8, 4) is 0 Å². The van der Waals surface area contributed by atoms with Crippen molar-refractivity contribution in [1.82, 2.24) is 4.72 Å². The Kier molecular flexibility index (Phi) is 5.63. The molecule has 0 radical (unpaired) electrons. The molecular weight excluding hydrogens is 340 g/mol. The van der Waals surface area contributed by atoms with E-state index in [0.29, 0.717) is 11.6 Å². The van der Waals surface area contributed by atoms with Gasteiger partial charge in [-0.05, 0) is 24.6 Å².